The largest absolute Gasteiger partial charge is 0.464 e. The number of esters is 1. The average Bonchev–Trinajstić information content (AvgIpc) is 3.23. The van der Waals surface area contributed by atoms with Crippen LogP contribution in [-0.4, -0.2) is 59.7 Å². The molecule has 1 fully saturated rings. The van der Waals surface area contributed by atoms with E-state index in [1.807, 2.05) is 39.0 Å². The maximum absolute atomic E-state index is 14.1. The SMILES string of the molecule is C[C@H](NP(=O)(OC[C@H]1O[C@@H]([n+]2cccc(C(N)=O)c2)[C@@H](O)C1O)Oc1cccc2ccccc12)C(=O)OCC(C)(C)C. The van der Waals surface area contributed by atoms with Crippen molar-refractivity contribution in [3.63, 3.8) is 0 Å². The predicted octanol–water partition coefficient (Wildman–Crippen LogP) is 2.62. The van der Waals surface area contributed by atoms with E-state index in [1.54, 1.807) is 30.3 Å². The first-order chi connectivity index (χ1) is 19.8. The molecule has 1 amide bonds. The third kappa shape index (κ3) is 7.71. The number of benzene rings is 2. The molecule has 3 aromatic rings. The minimum Gasteiger partial charge on any atom is -0.464 e. The van der Waals surface area contributed by atoms with Crippen molar-refractivity contribution < 1.29 is 47.5 Å². The first-order valence-electron chi connectivity index (χ1n) is 13.4. The number of hydrogen-bond donors (Lipinski definition) is 4. The summed E-state index contributed by atoms with van der Waals surface area (Å²) in [7, 11) is -4.32. The molecule has 2 aromatic carbocycles. The van der Waals surface area contributed by atoms with E-state index < -0.39 is 56.8 Å². The number of hydrogen-bond acceptors (Lipinski definition) is 9. The lowest BCUT2D eigenvalue weighted by atomic mass is 9.99. The Bertz CT molecular complexity index is 1470. The Hall–Kier alpha value is -3.38. The first kappa shape index (κ1) is 31.6. The Labute approximate surface area is 243 Å². The number of aromatic nitrogens is 1. The van der Waals surface area contributed by atoms with Gasteiger partial charge in [0.15, 0.2) is 18.5 Å². The third-order valence-electron chi connectivity index (χ3n) is 6.47. The minimum absolute atomic E-state index is 0.142. The van der Waals surface area contributed by atoms with E-state index in [4.69, 9.17) is 24.3 Å². The fourth-order valence-electron chi connectivity index (χ4n) is 4.28. The number of nitrogens with two attached hydrogens (primary N) is 1. The van der Waals surface area contributed by atoms with E-state index in [-0.39, 0.29) is 23.3 Å². The van der Waals surface area contributed by atoms with Gasteiger partial charge in [0, 0.05) is 11.5 Å². The number of aliphatic hydroxyl groups is 2. The van der Waals surface area contributed by atoms with Gasteiger partial charge in [-0.25, -0.2) is 4.57 Å². The highest BCUT2D eigenvalue weighted by molar-refractivity contribution is 7.52. The number of pyridine rings is 1. The molecule has 2 unspecified atom stereocenters. The number of aliphatic hydroxyl groups excluding tert-OH is 2. The molecule has 0 radical (unpaired) electrons. The molecule has 226 valence electrons. The standard InChI is InChI=1S/C29H36N3O9P/c1-18(28(36)38-17-29(2,3)4)31-42(37,41-22-13-7-10-19-9-5-6-12-21(19)22)39-16-23-24(33)25(34)27(40-23)32-14-8-11-20(15-32)26(30)35/h5-15,18,23-25,27,33-34H,16-17H2,1-4H3,(H2-,30,31,35,37)/p+1/t18-,23+,24?,25-,27+,42?/m0/s1. The van der Waals surface area contributed by atoms with Crippen LogP contribution in [0, 0.1) is 5.41 Å². The summed E-state index contributed by atoms with van der Waals surface area (Å²) in [4.78, 5) is 24.3. The summed E-state index contributed by atoms with van der Waals surface area (Å²) in [5.74, 6) is -1.09. The zero-order valence-corrected chi connectivity index (χ0v) is 24.8. The second-order valence-electron chi connectivity index (χ2n) is 11.3. The van der Waals surface area contributed by atoms with Crippen LogP contribution < -0.4 is 19.9 Å². The third-order valence-corrected chi connectivity index (χ3v) is 8.10. The van der Waals surface area contributed by atoms with Crippen molar-refractivity contribution >= 4 is 30.4 Å². The quantitative estimate of drug-likeness (QED) is 0.145. The molecule has 0 spiro atoms. The number of carbonyl (C=O) groups is 2. The van der Waals surface area contributed by atoms with E-state index in [1.165, 1.54) is 30.0 Å². The van der Waals surface area contributed by atoms with Crippen LogP contribution in [0.4, 0.5) is 0 Å². The number of rotatable bonds is 11. The van der Waals surface area contributed by atoms with Gasteiger partial charge in [-0.05, 0) is 29.9 Å². The molecule has 1 aliphatic heterocycles. The lowest BCUT2D eigenvalue weighted by molar-refractivity contribution is -0.765. The van der Waals surface area contributed by atoms with Gasteiger partial charge in [0.2, 0.25) is 0 Å². The zero-order chi connectivity index (χ0) is 30.7. The highest BCUT2D eigenvalue weighted by Gasteiger charge is 2.49. The fraction of sp³-hybridized carbons (Fsp3) is 0.414. The van der Waals surface area contributed by atoms with Gasteiger partial charge in [0.05, 0.1) is 13.2 Å². The van der Waals surface area contributed by atoms with Gasteiger partial charge in [-0.2, -0.15) is 9.65 Å². The van der Waals surface area contributed by atoms with Gasteiger partial charge in [-0.1, -0.05) is 57.2 Å². The van der Waals surface area contributed by atoms with E-state index >= 15 is 0 Å². The highest BCUT2D eigenvalue weighted by atomic mass is 31.2. The topological polar surface area (TPSA) is 171 Å². The molecular weight excluding hydrogens is 565 g/mol. The van der Waals surface area contributed by atoms with Gasteiger partial charge in [0.1, 0.15) is 29.6 Å². The molecule has 1 aromatic heterocycles. The molecule has 1 aliphatic rings. The summed E-state index contributed by atoms with van der Waals surface area (Å²) in [5.41, 5.74) is 5.25. The molecule has 6 atom stereocenters. The van der Waals surface area contributed by atoms with E-state index in [9.17, 15) is 24.4 Å². The van der Waals surface area contributed by atoms with E-state index in [0.29, 0.717) is 5.39 Å². The maximum Gasteiger partial charge on any atom is 0.459 e. The molecule has 1 saturated heterocycles. The monoisotopic (exact) mass is 602 g/mol. The van der Waals surface area contributed by atoms with Crippen LogP contribution >= 0.6 is 7.75 Å². The molecule has 0 aliphatic carbocycles. The van der Waals surface area contributed by atoms with Crippen molar-refractivity contribution in [3.8, 4) is 5.75 Å². The Morgan fingerprint density at radius 3 is 2.52 bits per heavy atom. The van der Waals surface area contributed by atoms with Crippen molar-refractivity contribution in [2.24, 2.45) is 11.1 Å². The lowest BCUT2D eigenvalue weighted by Crippen LogP contribution is -2.46. The first-order valence-corrected chi connectivity index (χ1v) is 15.0. The summed E-state index contributed by atoms with van der Waals surface area (Å²) in [6.07, 6.45) is -2.18. The molecule has 42 heavy (non-hydrogen) atoms. The van der Waals surface area contributed by atoms with Gasteiger partial charge >= 0.3 is 13.7 Å². The molecule has 5 N–H and O–H groups in total. The summed E-state index contributed by atoms with van der Waals surface area (Å²) >= 11 is 0. The van der Waals surface area contributed by atoms with Crippen molar-refractivity contribution in [1.29, 1.82) is 0 Å². The number of ether oxygens (including phenoxy) is 2. The van der Waals surface area contributed by atoms with Gasteiger partial charge in [-0.3, -0.25) is 14.1 Å². The average molecular weight is 603 g/mol. The van der Waals surface area contributed by atoms with Gasteiger partial charge in [0.25, 0.3) is 12.1 Å². The molecule has 13 heteroatoms. The number of carbonyl (C=O) groups excluding carboxylic acids is 2. The highest BCUT2D eigenvalue weighted by Crippen LogP contribution is 2.47. The van der Waals surface area contributed by atoms with Crippen molar-refractivity contribution in [1.82, 2.24) is 5.09 Å². The second kappa shape index (κ2) is 12.9. The second-order valence-corrected chi connectivity index (χ2v) is 13.0. The van der Waals surface area contributed by atoms with Crippen LogP contribution in [0.1, 0.15) is 44.3 Å². The van der Waals surface area contributed by atoms with Crippen LogP contribution in [0.5, 0.6) is 5.75 Å². The number of nitrogens with one attached hydrogen (secondary N) is 1. The van der Waals surface area contributed by atoms with Crippen LogP contribution in [-0.2, 0) is 23.4 Å². The number of amides is 1. The van der Waals surface area contributed by atoms with Crippen molar-refractivity contribution in [3.05, 3.63) is 72.6 Å². The maximum atomic E-state index is 14.1. The molecule has 12 nitrogen and oxygen atoms in total. The normalized spacial score (nSPS) is 22.8. The van der Waals surface area contributed by atoms with Crippen LogP contribution in [0.3, 0.4) is 0 Å². The summed E-state index contributed by atoms with van der Waals surface area (Å²) in [6.45, 7) is 6.86. The smallest absolute Gasteiger partial charge is 0.459 e. The number of primary amides is 1. The van der Waals surface area contributed by atoms with E-state index in [2.05, 4.69) is 5.09 Å². The van der Waals surface area contributed by atoms with Crippen LogP contribution in [0.15, 0.2) is 67.0 Å². The Morgan fingerprint density at radius 1 is 1.10 bits per heavy atom. The summed E-state index contributed by atoms with van der Waals surface area (Å²) in [6, 6.07) is 14.5. The zero-order valence-electron chi connectivity index (χ0n) is 23.9. The molecule has 4 rings (SSSR count). The van der Waals surface area contributed by atoms with Crippen LogP contribution in [0.2, 0.25) is 0 Å². The molecular formula is C29H37N3O9P+. The van der Waals surface area contributed by atoms with Crippen molar-refractivity contribution in [2.75, 3.05) is 13.2 Å². The minimum atomic E-state index is -4.32. The summed E-state index contributed by atoms with van der Waals surface area (Å²) in [5, 5.41) is 25.5. The van der Waals surface area contributed by atoms with Gasteiger partial charge in [-0.15, -0.1) is 0 Å². The molecule has 2 heterocycles. The summed E-state index contributed by atoms with van der Waals surface area (Å²) < 4.78 is 38.4. The lowest BCUT2D eigenvalue weighted by Gasteiger charge is -2.25. The Kier molecular flexibility index (Phi) is 9.67. The Balaban J connectivity index is 1.54. The van der Waals surface area contributed by atoms with E-state index in [0.717, 1.165) is 5.39 Å². The number of nitrogens with zero attached hydrogens (tertiary/aromatic N) is 1. The Morgan fingerprint density at radius 2 is 1.81 bits per heavy atom. The van der Waals surface area contributed by atoms with Crippen LogP contribution in [0.25, 0.3) is 10.8 Å². The van der Waals surface area contributed by atoms with Gasteiger partial charge < -0.3 is 29.9 Å². The van der Waals surface area contributed by atoms with Crippen molar-refractivity contribution in [2.45, 2.75) is 58.3 Å². The predicted molar refractivity (Wildman–Crippen MR) is 152 cm³/mol. The molecule has 0 saturated carbocycles. The molecule has 0 bridgehead atoms. The fourth-order valence-corrected chi connectivity index (χ4v) is 5.80. The number of fused-ring (bicyclic) bond motifs is 1.